The first-order valence-corrected chi connectivity index (χ1v) is 6.11. The van der Waals surface area contributed by atoms with Crippen molar-refractivity contribution in [3.05, 3.63) is 53.3 Å². The molecule has 17 heavy (non-hydrogen) atoms. The molecule has 0 saturated heterocycles. The van der Waals surface area contributed by atoms with E-state index in [4.69, 9.17) is 0 Å². The molecule has 0 unspecified atom stereocenters. The lowest BCUT2D eigenvalue weighted by Gasteiger charge is -2.32. The first kappa shape index (κ1) is 10.3. The van der Waals surface area contributed by atoms with Crippen molar-refractivity contribution in [2.45, 2.75) is 20.3 Å². The zero-order chi connectivity index (χ0) is 11.8. The molecule has 1 aliphatic heterocycles. The van der Waals surface area contributed by atoms with Crippen molar-refractivity contribution in [2.75, 3.05) is 11.4 Å². The third-order valence-electron chi connectivity index (χ3n) is 3.49. The number of anilines is 2. The Bertz CT molecular complexity index is 561. The Morgan fingerprint density at radius 1 is 1.18 bits per heavy atom. The molecule has 0 amide bonds. The van der Waals surface area contributed by atoms with Gasteiger partial charge in [0, 0.05) is 24.8 Å². The number of rotatable bonds is 1. The molecule has 0 radical (unpaired) electrons. The number of hydrogen-bond donors (Lipinski definition) is 0. The van der Waals surface area contributed by atoms with Gasteiger partial charge in [-0.1, -0.05) is 12.1 Å². The van der Waals surface area contributed by atoms with E-state index in [0.29, 0.717) is 0 Å². The van der Waals surface area contributed by atoms with E-state index >= 15 is 0 Å². The predicted molar refractivity (Wildman–Crippen MR) is 70.9 cm³/mol. The van der Waals surface area contributed by atoms with Crippen LogP contribution in [0.15, 0.2) is 36.5 Å². The number of hydrogen-bond acceptors (Lipinski definition) is 2. The van der Waals surface area contributed by atoms with Crippen molar-refractivity contribution >= 4 is 11.4 Å². The minimum Gasteiger partial charge on any atom is -0.340 e. The summed E-state index contributed by atoms with van der Waals surface area (Å²) in [6.45, 7) is 5.35. The maximum atomic E-state index is 4.52. The summed E-state index contributed by atoms with van der Waals surface area (Å²) in [7, 11) is 0. The predicted octanol–water partition coefficient (Wildman–Crippen LogP) is 3.45. The normalized spacial score (nSPS) is 13.2. The van der Waals surface area contributed by atoms with Gasteiger partial charge in [0.25, 0.3) is 0 Å². The van der Waals surface area contributed by atoms with Gasteiger partial charge in [-0.25, -0.2) is 0 Å². The van der Waals surface area contributed by atoms with E-state index in [-0.39, 0.29) is 0 Å². The molecule has 0 bridgehead atoms. The minimum absolute atomic E-state index is 0.953. The van der Waals surface area contributed by atoms with Crippen LogP contribution in [0.4, 0.5) is 11.4 Å². The van der Waals surface area contributed by atoms with Gasteiger partial charge in [-0.3, -0.25) is 4.98 Å². The van der Waals surface area contributed by atoms with Crippen molar-refractivity contribution in [3.63, 3.8) is 0 Å². The molecule has 2 heterocycles. The number of fused-ring (bicyclic) bond motifs is 2. The average molecular weight is 224 g/mol. The van der Waals surface area contributed by atoms with E-state index in [1.54, 1.807) is 0 Å². The SMILES string of the molecule is CCN1c2cccnc2Cc2c(C)cccc21. The average Bonchev–Trinajstić information content (AvgIpc) is 2.37. The standard InChI is InChI=1S/C15H16N2/c1-3-17-14-7-4-6-11(2)12(14)10-13-15(17)8-5-9-16-13/h4-9H,3,10H2,1-2H3. The summed E-state index contributed by atoms with van der Waals surface area (Å²) in [5.41, 5.74) is 6.56. The van der Waals surface area contributed by atoms with Gasteiger partial charge >= 0.3 is 0 Å². The molecule has 0 fully saturated rings. The van der Waals surface area contributed by atoms with Crippen molar-refractivity contribution < 1.29 is 0 Å². The highest BCUT2D eigenvalue weighted by Gasteiger charge is 2.22. The van der Waals surface area contributed by atoms with Crippen LogP contribution in [0.25, 0.3) is 0 Å². The summed E-state index contributed by atoms with van der Waals surface area (Å²) in [5.74, 6) is 0. The zero-order valence-corrected chi connectivity index (χ0v) is 10.3. The van der Waals surface area contributed by atoms with Crippen molar-refractivity contribution in [2.24, 2.45) is 0 Å². The first-order valence-electron chi connectivity index (χ1n) is 6.11. The minimum atomic E-state index is 0.953. The Kier molecular flexibility index (Phi) is 2.36. The van der Waals surface area contributed by atoms with Crippen LogP contribution in [0.1, 0.15) is 23.7 Å². The first-order chi connectivity index (χ1) is 8.31. The summed E-state index contributed by atoms with van der Waals surface area (Å²) >= 11 is 0. The summed E-state index contributed by atoms with van der Waals surface area (Å²) in [5, 5.41) is 0. The lowest BCUT2D eigenvalue weighted by Crippen LogP contribution is -2.24. The quantitative estimate of drug-likeness (QED) is 0.737. The number of benzene rings is 1. The van der Waals surface area contributed by atoms with E-state index in [1.165, 1.54) is 28.2 Å². The summed E-state index contributed by atoms with van der Waals surface area (Å²) < 4.78 is 0. The molecule has 2 nitrogen and oxygen atoms in total. The van der Waals surface area contributed by atoms with Crippen LogP contribution < -0.4 is 4.90 Å². The second-order valence-corrected chi connectivity index (χ2v) is 4.46. The van der Waals surface area contributed by atoms with Crippen LogP contribution in [0, 0.1) is 6.92 Å². The zero-order valence-electron chi connectivity index (χ0n) is 10.3. The van der Waals surface area contributed by atoms with E-state index in [1.807, 2.05) is 12.3 Å². The monoisotopic (exact) mass is 224 g/mol. The van der Waals surface area contributed by atoms with Gasteiger partial charge in [0.1, 0.15) is 0 Å². The Morgan fingerprint density at radius 3 is 2.82 bits per heavy atom. The van der Waals surface area contributed by atoms with Crippen LogP contribution in [0.3, 0.4) is 0 Å². The Morgan fingerprint density at radius 2 is 2.00 bits per heavy atom. The smallest absolute Gasteiger partial charge is 0.0684 e. The summed E-state index contributed by atoms with van der Waals surface area (Å²) in [6.07, 6.45) is 2.84. The fourth-order valence-corrected chi connectivity index (χ4v) is 2.62. The molecule has 0 spiro atoms. The van der Waals surface area contributed by atoms with Gasteiger partial charge in [-0.05, 0) is 43.2 Å². The molecular weight excluding hydrogens is 208 g/mol. The number of aryl methyl sites for hydroxylation is 1. The van der Waals surface area contributed by atoms with Gasteiger partial charge in [0.05, 0.1) is 11.4 Å². The highest BCUT2D eigenvalue weighted by Crippen LogP contribution is 2.38. The molecule has 1 aliphatic rings. The number of aromatic nitrogens is 1. The van der Waals surface area contributed by atoms with Gasteiger partial charge in [0.2, 0.25) is 0 Å². The van der Waals surface area contributed by atoms with Gasteiger partial charge in [-0.15, -0.1) is 0 Å². The van der Waals surface area contributed by atoms with Gasteiger partial charge in [-0.2, -0.15) is 0 Å². The van der Waals surface area contributed by atoms with Crippen molar-refractivity contribution in [1.29, 1.82) is 0 Å². The van der Waals surface area contributed by atoms with Crippen molar-refractivity contribution in [3.8, 4) is 0 Å². The van der Waals surface area contributed by atoms with Crippen LogP contribution in [0.2, 0.25) is 0 Å². The fraction of sp³-hybridized carbons (Fsp3) is 0.267. The lowest BCUT2D eigenvalue weighted by molar-refractivity contribution is 0.922. The molecule has 86 valence electrons. The summed E-state index contributed by atoms with van der Waals surface area (Å²) in [6, 6.07) is 10.7. The number of nitrogens with zero attached hydrogens (tertiary/aromatic N) is 2. The largest absolute Gasteiger partial charge is 0.340 e. The third kappa shape index (κ3) is 1.52. The molecule has 0 saturated carbocycles. The van der Waals surface area contributed by atoms with E-state index in [9.17, 15) is 0 Å². The molecule has 1 aromatic heterocycles. The highest BCUT2D eigenvalue weighted by molar-refractivity contribution is 5.73. The fourth-order valence-electron chi connectivity index (χ4n) is 2.62. The van der Waals surface area contributed by atoms with Gasteiger partial charge in [0.15, 0.2) is 0 Å². The Labute approximate surface area is 102 Å². The van der Waals surface area contributed by atoms with Crippen LogP contribution in [-0.2, 0) is 6.42 Å². The van der Waals surface area contributed by atoms with E-state index in [0.717, 1.165) is 13.0 Å². The van der Waals surface area contributed by atoms with Crippen molar-refractivity contribution in [1.82, 2.24) is 4.98 Å². The molecular formula is C15H16N2. The van der Waals surface area contributed by atoms with Gasteiger partial charge < -0.3 is 4.90 Å². The molecule has 0 atom stereocenters. The lowest BCUT2D eigenvalue weighted by atomic mass is 9.95. The maximum absolute atomic E-state index is 4.52. The summed E-state index contributed by atoms with van der Waals surface area (Å²) in [4.78, 5) is 6.87. The molecule has 2 aromatic rings. The Hall–Kier alpha value is -1.83. The van der Waals surface area contributed by atoms with Crippen LogP contribution in [0.5, 0.6) is 0 Å². The molecule has 2 heteroatoms. The van der Waals surface area contributed by atoms with E-state index < -0.39 is 0 Å². The number of pyridine rings is 1. The molecule has 3 rings (SSSR count). The van der Waals surface area contributed by atoms with Crippen LogP contribution >= 0.6 is 0 Å². The second kappa shape index (κ2) is 3.88. The molecule has 0 N–H and O–H groups in total. The topological polar surface area (TPSA) is 16.1 Å². The van der Waals surface area contributed by atoms with E-state index in [2.05, 4.69) is 48.0 Å². The van der Waals surface area contributed by atoms with Crippen LogP contribution in [-0.4, -0.2) is 11.5 Å². The molecule has 1 aromatic carbocycles. The molecule has 0 aliphatic carbocycles. The third-order valence-corrected chi connectivity index (χ3v) is 3.49. The Balaban J connectivity index is 2.22. The second-order valence-electron chi connectivity index (χ2n) is 4.46. The highest BCUT2D eigenvalue weighted by atomic mass is 15.1. The maximum Gasteiger partial charge on any atom is 0.0684 e.